The van der Waals surface area contributed by atoms with Gasteiger partial charge in [-0.05, 0) is 12.0 Å². The van der Waals surface area contributed by atoms with Crippen molar-refractivity contribution in [3.05, 3.63) is 34.6 Å². The van der Waals surface area contributed by atoms with E-state index in [9.17, 15) is 10.1 Å². The second-order valence-corrected chi connectivity index (χ2v) is 4.84. The number of methoxy groups -OCH3 is 1. The molecule has 0 radical (unpaired) electrons. The minimum atomic E-state index is -0.453. The number of ether oxygens (including phenoxy) is 1. The number of hydrogen-bond donors (Lipinski definition) is 0. The van der Waals surface area contributed by atoms with Gasteiger partial charge in [0.1, 0.15) is 12.1 Å². The van der Waals surface area contributed by atoms with Crippen molar-refractivity contribution in [3.8, 4) is 17.1 Å². The summed E-state index contributed by atoms with van der Waals surface area (Å²) in [5.41, 5.74) is 0.678. The lowest BCUT2D eigenvalue weighted by Crippen LogP contribution is -2.06. The van der Waals surface area contributed by atoms with Crippen LogP contribution >= 0.6 is 0 Å². The molecule has 106 valence electrons. The Labute approximate surface area is 116 Å². The highest BCUT2D eigenvalue weighted by Gasteiger charge is 2.17. The Morgan fingerprint density at radius 3 is 2.80 bits per heavy atom. The third-order valence-electron chi connectivity index (χ3n) is 2.81. The van der Waals surface area contributed by atoms with Gasteiger partial charge >= 0.3 is 0 Å². The zero-order chi connectivity index (χ0) is 14.7. The highest BCUT2D eigenvalue weighted by atomic mass is 16.6. The molecule has 0 saturated heterocycles. The van der Waals surface area contributed by atoms with Crippen LogP contribution in [0.2, 0.25) is 0 Å². The van der Waals surface area contributed by atoms with Gasteiger partial charge in [-0.1, -0.05) is 13.8 Å². The number of rotatable bonds is 5. The summed E-state index contributed by atoms with van der Waals surface area (Å²) < 4.78 is 7.15. The highest BCUT2D eigenvalue weighted by molar-refractivity contribution is 5.66. The lowest BCUT2D eigenvalue weighted by Gasteiger charge is -2.11. The molecule has 7 heteroatoms. The van der Waals surface area contributed by atoms with E-state index in [1.54, 1.807) is 12.4 Å². The number of hydrogen-bond acceptors (Lipinski definition) is 5. The number of nitro groups is 1. The lowest BCUT2D eigenvalue weighted by molar-refractivity contribution is -0.384. The van der Waals surface area contributed by atoms with Gasteiger partial charge < -0.3 is 9.30 Å². The Morgan fingerprint density at radius 1 is 1.45 bits per heavy atom. The first-order chi connectivity index (χ1) is 9.52. The number of aromatic nitrogens is 3. The maximum Gasteiger partial charge on any atom is 0.273 e. The molecular weight excluding hydrogens is 260 g/mol. The van der Waals surface area contributed by atoms with Crippen molar-refractivity contribution in [3.63, 3.8) is 0 Å². The molecule has 0 bridgehead atoms. The standard InChI is InChI=1S/C13H16N4O3/c1-9(2)7-16-8-14-15-13(16)11-5-4-10(17(18)19)6-12(11)20-3/h4-6,8-9H,7H2,1-3H3. The number of benzene rings is 1. The summed E-state index contributed by atoms with van der Waals surface area (Å²) in [5.74, 6) is 1.50. The van der Waals surface area contributed by atoms with Crippen LogP contribution in [0.5, 0.6) is 5.75 Å². The van der Waals surface area contributed by atoms with Gasteiger partial charge in [0, 0.05) is 12.6 Å². The largest absolute Gasteiger partial charge is 0.496 e. The topological polar surface area (TPSA) is 83.1 Å². The molecule has 0 unspecified atom stereocenters. The molecule has 0 saturated carbocycles. The minimum absolute atomic E-state index is 0.0134. The third-order valence-corrected chi connectivity index (χ3v) is 2.81. The molecule has 0 aliphatic rings. The van der Waals surface area contributed by atoms with Crippen LogP contribution in [0.25, 0.3) is 11.4 Å². The van der Waals surface area contributed by atoms with E-state index in [1.165, 1.54) is 19.2 Å². The molecule has 0 amide bonds. The predicted molar refractivity (Wildman–Crippen MR) is 73.5 cm³/mol. The van der Waals surface area contributed by atoms with Gasteiger partial charge in [-0.25, -0.2) is 0 Å². The predicted octanol–water partition coefficient (Wildman–Crippen LogP) is 2.52. The van der Waals surface area contributed by atoms with Crippen LogP contribution < -0.4 is 4.74 Å². The molecule has 20 heavy (non-hydrogen) atoms. The molecule has 2 rings (SSSR count). The lowest BCUT2D eigenvalue weighted by atomic mass is 10.1. The van der Waals surface area contributed by atoms with Crippen LogP contribution in [0.15, 0.2) is 24.5 Å². The summed E-state index contributed by atoms with van der Waals surface area (Å²) in [6, 6.07) is 4.47. The Morgan fingerprint density at radius 2 is 2.20 bits per heavy atom. The van der Waals surface area contributed by atoms with Crippen LogP contribution in [0.3, 0.4) is 0 Å². The van der Waals surface area contributed by atoms with Crippen LogP contribution in [-0.2, 0) is 6.54 Å². The fraction of sp³-hybridized carbons (Fsp3) is 0.385. The second kappa shape index (κ2) is 5.68. The molecule has 7 nitrogen and oxygen atoms in total. The van der Waals surface area contributed by atoms with Crippen LogP contribution in [-0.4, -0.2) is 26.8 Å². The third kappa shape index (κ3) is 2.76. The van der Waals surface area contributed by atoms with Crippen molar-refractivity contribution >= 4 is 5.69 Å². The fourth-order valence-corrected chi connectivity index (χ4v) is 1.97. The first-order valence-corrected chi connectivity index (χ1v) is 6.23. The Balaban J connectivity index is 2.47. The van der Waals surface area contributed by atoms with Gasteiger partial charge in [-0.2, -0.15) is 0 Å². The monoisotopic (exact) mass is 276 g/mol. The van der Waals surface area contributed by atoms with E-state index in [0.717, 1.165) is 6.54 Å². The van der Waals surface area contributed by atoms with Gasteiger partial charge in [0.25, 0.3) is 5.69 Å². The van der Waals surface area contributed by atoms with Crippen molar-refractivity contribution < 1.29 is 9.66 Å². The Kier molecular flexibility index (Phi) is 3.97. The van der Waals surface area contributed by atoms with Gasteiger partial charge in [-0.3, -0.25) is 10.1 Å². The normalized spacial score (nSPS) is 10.8. The van der Waals surface area contributed by atoms with Crippen LogP contribution in [0, 0.1) is 16.0 Å². The molecule has 1 aromatic heterocycles. The fourth-order valence-electron chi connectivity index (χ4n) is 1.97. The summed E-state index contributed by atoms with van der Waals surface area (Å²) in [7, 11) is 1.48. The number of non-ortho nitro benzene ring substituents is 1. The van der Waals surface area contributed by atoms with Crippen LogP contribution in [0.4, 0.5) is 5.69 Å². The van der Waals surface area contributed by atoms with E-state index >= 15 is 0 Å². The summed E-state index contributed by atoms with van der Waals surface area (Å²) in [5, 5.41) is 18.8. The summed E-state index contributed by atoms with van der Waals surface area (Å²) in [4.78, 5) is 10.3. The van der Waals surface area contributed by atoms with Crippen LogP contribution in [0.1, 0.15) is 13.8 Å². The molecular formula is C13H16N4O3. The van der Waals surface area contributed by atoms with E-state index in [1.807, 2.05) is 4.57 Å². The Bertz CT molecular complexity index is 622. The first-order valence-electron chi connectivity index (χ1n) is 6.23. The van der Waals surface area contributed by atoms with Gasteiger partial charge in [0.05, 0.1) is 23.7 Å². The van der Waals surface area contributed by atoms with Gasteiger partial charge in [0.15, 0.2) is 5.82 Å². The molecule has 0 fully saturated rings. The van der Waals surface area contributed by atoms with Crippen molar-refractivity contribution in [1.29, 1.82) is 0 Å². The molecule has 2 aromatic rings. The van der Waals surface area contributed by atoms with Crippen molar-refractivity contribution in [2.75, 3.05) is 7.11 Å². The summed E-state index contributed by atoms with van der Waals surface area (Å²) >= 11 is 0. The smallest absolute Gasteiger partial charge is 0.273 e. The van der Waals surface area contributed by atoms with E-state index in [-0.39, 0.29) is 5.69 Å². The average Bonchev–Trinajstić information content (AvgIpc) is 2.84. The maximum atomic E-state index is 10.8. The first kappa shape index (κ1) is 14.0. The van der Waals surface area contributed by atoms with E-state index in [2.05, 4.69) is 24.0 Å². The summed E-state index contributed by atoms with van der Waals surface area (Å²) in [6.45, 7) is 4.95. The molecule has 1 aromatic carbocycles. The molecule has 0 N–H and O–H groups in total. The van der Waals surface area contributed by atoms with E-state index < -0.39 is 4.92 Å². The van der Waals surface area contributed by atoms with Crippen molar-refractivity contribution in [2.24, 2.45) is 5.92 Å². The zero-order valence-electron chi connectivity index (χ0n) is 11.6. The Hall–Kier alpha value is -2.44. The molecule has 1 heterocycles. The minimum Gasteiger partial charge on any atom is -0.496 e. The number of nitro benzene ring substituents is 1. The maximum absolute atomic E-state index is 10.8. The molecule has 0 aliphatic heterocycles. The zero-order valence-corrected chi connectivity index (χ0v) is 11.6. The van der Waals surface area contributed by atoms with Gasteiger partial charge in [-0.15, -0.1) is 10.2 Å². The van der Waals surface area contributed by atoms with Crippen molar-refractivity contribution in [1.82, 2.24) is 14.8 Å². The second-order valence-electron chi connectivity index (χ2n) is 4.84. The van der Waals surface area contributed by atoms with Crippen molar-refractivity contribution in [2.45, 2.75) is 20.4 Å². The average molecular weight is 276 g/mol. The van der Waals surface area contributed by atoms with E-state index in [4.69, 9.17) is 4.74 Å². The SMILES string of the molecule is COc1cc([N+](=O)[O-])ccc1-c1nncn1CC(C)C. The quantitative estimate of drug-likeness (QED) is 0.619. The molecule has 0 atom stereocenters. The highest BCUT2D eigenvalue weighted by Crippen LogP contribution is 2.32. The molecule has 0 spiro atoms. The molecule has 0 aliphatic carbocycles. The van der Waals surface area contributed by atoms with E-state index in [0.29, 0.717) is 23.1 Å². The van der Waals surface area contributed by atoms with Gasteiger partial charge in [0.2, 0.25) is 0 Å². The summed E-state index contributed by atoms with van der Waals surface area (Å²) in [6.07, 6.45) is 1.65. The number of nitrogens with zero attached hydrogens (tertiary/aromatic N) is 4.